The molecule has 1 saturated heterocycles. The average Bonchev–Trinajstić information content (AvgIpc) is 3.48. The second-order valence-electron chi connectivity index (χ2n) is 8.38. The second kappa shape index (κ2) is 9.39. The maximum absolute atomic E-state index is 9.78. The molecule has 3 aromatic rings. The van der Waals surface area contributed by atoms with Gasteiger partial charge in [-0.1, -0.05) is 18.2 Å². The lowest BCUT2D eigenvalue weighted by molar-refractivity contribution is 0.238. The van der Waals surface area contributed by atoms with Gasteiger partial charge in [-0.3, -0.25) is 4.90 Å². The molecule has 1 atom stereocenters. The van der Waals surface area contributed by atoms with E-state index in [1.165, 1.54) is 16.7 Å². The number of nitriles is 1. The van der Waals surface area contributed by atoms with Gasteiger partial charge in [0.25, 0.3) is 0 Å². The lowest BCUT2D eigenvalue weighted by Crippen LogP contribution is -2.45. The number of fused-ring (bicyclic) bond motifs is 1. The lowest BCUT2D eigenvalue weighted by Gasteiger charge is -2.27. The Bertz CT molecular complexity index is 1150. The van der Waals surface area contributed by atoms with E-state index in [1.807, 2.05) is 18.3 Å². The predicted octanol–water partition coefficient (Wildman–Crippen LogP) is 3.54. The van der Waals surface area contributed by atoms with E-state index in [0.717, 1.165) is 67.6 Å². The fourth-order valence-electron chi connectivity index (χ4n) is 4.72. The van der Waals surface area contributed by atoms with Crippen LogP contribution in [0.15, 0.2) is 42.6 Å². The number of nitrogens with one attached hydrogen (secondary N) is 2. The number of rotatable bonds is 6. The Hall–Kier alpha value is -2.76. The largest absolute Gasteiger partial charge is 0.507 e. The van der Waals surface area contributed by atoms with Crippen LogP contribution in [0.5, 0.6) is 5.75 Å². The molecule has 5 rings (SSSR count). The first kappa shape index (κ1) is 21.1. The number of hydrogen-bond acceptors (Lipinski definition) is 7. The van der Waals surface area contributed by atoms with E-state index in [0.29, 0.717) is 6.04 Å². The second-order valence-corrected chi connectivity index (χ2v) is 9.41. The summed E-state index contributed by atoms with van der Waals surface area (Å²) in [5.74, 6) is 0.00408. The van der Waals surface area contributed by atoms with E-state index in [2.05, 4.69) is 38.7 Å². The van der Waals surface area contributed by atoms with Crippen molar-refractivity contribution in [1.82, 2.24) is 20.5 Å². The van der Waals surface area contributed by atoms with Gasteiger partial charge in [0.15, 0.2) is 0 Å². The molecule has 0 spiro atoms. The predicted molar refractivity (Wildman–Crippen MR) is 128 cm³/mol. The van der Waals surface area contributed by atoms with Gasteiger partial charge in [-0.15, -0.1) is 11.3 Å². The van der Waals surface area contributed by atoms with E-state index in [9.17, 15) is 10.4 Å². The fourth-order valence-corrected chi connectivity index (χ4v) is 5.68. The molecule has 1 aromatic heterocycles. The van der Waals surface area contributed by atoms with Crippen molar-refractivity contribution in [3.8, 4) is 32.8 Å². The standard InChI is InChI=1S/C25H27N5OS/c26-15-18-14-17(4-7-23(18)31)25-29-16-24(32-25)21-3-1-2-20-19(21)5-6-22(20)28-10-13-30-11-8-27-9-12-30/h1-4,7,14,16,22,27-28,31H,5-6,8-13H2. The molecule has 32 heavy (non-hydrogen) atoms. The van der Waals surface area contributed by atoms with Crippen molar-refractivity contribution in [2.24, 2.45) is 0 Å². The number of phenolic OH excluding ortho intramolecular Hbond substituents is 1. The Labute approximate surface area is 192 Å². The average molecular weight is 446 g/mol. The smallest absolute Gasteiger partial charge is 0.133 e. The van der Waals surface area contributed by atoms with Crippen LogP contribution < -0.4 is 10.6 Å². The zero-order valence-corrected chi connectivity index (χ0v) is 18.8. The van der Waals surface area contributed by atoms with E-state index in [-0.39, 0.29) is 11.3 Å². The van der Waals surface area contributed by atoms with Crippen LogP contribution in [0.3, 0.4) is 0 Å². The minimum atomic E-state index is 0.00408. The maximum Gasteiger partial charge on any atom is 0.133 e. The van der Waals surface area contributed by atoms with Crippen LogP contribution in [0.4, 0.5) is 0 Å². The van der Waals surface area contributed by atoms with Crippen molar-refractivity contribution in [3.63, 3.8) is 0 Å². The molecule has 7 heteroatoms. The molecule has 1 aliphatic carbocycles. The SMILES string of the molecule is N#Cc1cc(-c2ncc(-c3cccc4c3CCC4NCCN3CCNCC3)s2)ccc1O. The molecule has 0 saturated carbocycles. The van der Waals surface area contributed by atoms with E-state index < -0.39 is 0 Å². The molecule has 0 radical (unpaired) electrons. The summed E-state index contributed by atoms with van der Waals surface area (Å²) in [7, 11) is 0. The number of phenols is 1. The number of thiazole rings is 1. The molecular formula is C25H27N5OS. The molecule has 2 heterocycles. The Kier molecular flexibility index (Phi) is 6.19. The molecule has 6 nitrogen and oxygen atoms in total. The van der Waals surface area contributed by atoms with Crippen molar-refractivity contribution >= 4 is 11.3 Å². The molecule has 3 N–H and O–H groups in total. The number of aromatic nitrogens is 1. The first-order valence-electron chi connectivity index (χ1n) is 11.2. The quantitative estimate of drug-likeness (QED) is 0.538. The highest BCUT2D eigenvalue weighted by Gasteiger charge is 2.25. The van der Waals surface area contributed by atoms with Crippen molar-refractivity contribution in [2.45, 2.75) is 18.9 Å². The maximum atomic E-state index is 9.78. The van der Waals surface area contributed by atoms with Gasteiger partial charge in [0.05, 0.1) is 10.4 Å². The van der Waals surface area contributed by atoms with Gasteiger partial charge in [0.2, 0.25) is 0 Å². The Morgan fingerprint density at radius 2 is 2.12 bits per heavy atom. The molecule has 2 aromatic carbocycles. The van der Waals surface area contributed by atoms with E-state index in [1.54, 1.807) is 23.5 Å². The zero-order valence-electron chi connectivity index (χ0n) is 18.0. The van der Waals surface area contributed by atoms with Gasteiger partial charge in [0, 0.05) is 57.1 Å². The van der Waals surface area contributed by atoms with Crippen LogP contribution in [-0.4, -0.2) is 54.3 Å². The molecule has 164 valence electrons. The third-order valence-corrected chi connectivity index (χ3v) is 7.51. The number of hydrogen-bond donors (Lipinski definition) is 3. The highest BCUT2D eigenvalue weighted by Crippen LogP contribution is 2.41. The first-order valence-corrected chi connectivity index (χ1v) is 12.0. The Morgan fingerprint density at radius 3 is 2.97 bits per heavy atom. The van der Waals surface area contributed by atoms with Gasteiger partial charge in [-0.2, -0.15) is 5.26 Å². The molecular weight excluding hydrogens is 418 g/mol. The summed E-state index contributed by atoms with van der Waals surface area (Å²) in [4.78, 5) is 8.28. The summed E-state index contributed by atoms with van der Waals surface area (Å²) >= 11 is 1.63. The topological polar surface area (TPSA) is 84.2 Å². The van der Waals surface area contributed by atoms with Crippen molar-refractivity contribution in [3.05, 3.63) is 59.3 Å². The van der Waals surface area contributed by atoms with Crippen LogP contribution in [0.25, 0.3) is 21.0 Å². The van der Waals surface area contributed by atoms with Crippen LogP contribution in [0.1, 0.15) is 29.2 Å². The molecule has 0 bridgehead atoms. The number of nitrogens with zero attached hydrogens (tertiary/aromatic N) is 3. The highest BCUT2D eigenvalue weighted by atomic mass is 32.1. The third-order valence-electron chi connectivity index (χ3n) is 6.43. The first-order chi connectivity index (χ1) is 15.7. The Balaban J connectivity index is 1.32. The van der Waals surface area contributed by atoms with Crippen molar-refractivity contribution in [2.75, 3.05) is 39.3 Å². The van der Waals surface area contributed by atoms with Crippen LogP contribution in [0, 0.1) is 11.3 Å². The Morgan fingerprint density at radius 1 is 1.25 bits per heavy atom. The van der Waals surface area contributed by atoms with Crippen LogP contribution in [-0.2, 0) is 6.42 Å². The van der Waals surface area contributed by atoms with Crippen molar-refractivity contribution in [1.29, 1.82) is 5.26 Å². The summed E-state index contributed by atoms with van der Waals surface area (Å²) < 4.78 is 0. The van der Waals surface area contributed by atoms with Crippen LogP contribution in [0.2, 0.25) is 0 Å². The monoisotopic (exact) mass is 445 g/mol. The molecule has 1 unspecified atom stereocenters. The van der Waals surface area contributed by atoms with Gasteiger partial charge < -0.3 is 15.7 Å². The molecule has 0 amide bonds. The van der Waals surface area contributed by atoms with E-state index in [4.69, 9.17) is 0 Å². The lowest BCUT2D eigenvalue weighted by atomic mass is 10.0. The molecule has 1 fully saturated rings. The third kappa shape index (κ3) is 4.27. The summed E-state index contributed by atoms with van der Waals surface area (Å²) in [5.41, 5.74) is 5.22. The summed E-state index contributed by atoms with van der Waals surface area (Å²) in [6.45, 7) is 6.57. The highest BCUT2D eigenvalue weighted by molar-refractivity contribution is 7.18. The number of piperazine rings is 1. The van der Waals surface area contributed by atoms with Crippen LogP contribution >= 0.6 is 11.3 Å². The van der Waals surface area contributed by atoms with Gasteiger partial charge in [-0.05, 0) is 47.7 Å². The van der Waals surface area contributed by atoms with Gasteiger partial charge in [0.1, 0.15) is 16.8 Å². The minimum Gasteiger partial charge on any atom is -0.507 e. The fraction of sp³-hybridized carbons (Fsp3) is 0.360. The summed E-state index contributed by atoms with van der Waals surface area (Å²) in [5, 5.41) is 27.0. The number of aromatic hydroxyl groups is 1. The van der Waals surface area contributed by atoms with Crippen molar-refractivity contribution < 1.29 is 5.11 Å². The summed E-state index contributed by atoms with van der Waals surface area (Å²) in [6.07, 6.45) is 4.13. The molecule has 2 aliphatic rings. The summed E-state index contributed by atoms with van der Waals surface area (Å²) in [6, 6.07) is 14.1. The van der Waals surface area contributed by atoms with Gasteiger partial charge in [-0.25, -0.2) is 4.98 Å². The number of benzene rings is 2. The van der Waals surface area contributed by atoms with E-state index >= 15 is 0 Å². The minimum absolute atomic E-state index is 0.00408. The van der Waals surface area contributed by atoms with Gasteiger partial charge >= 0.3 is 0 Å². The molecule has 1 aliphatic heterocycles. The zero-order chi connectivity index (χ0) is 21.9. The normalized spacial score (nSPS) is 18.4.